The Morgan fingerprint density at radius 1 is 1.31 bits per heavy atom. The zero-order valence-corrected chi connectivity index (χ0v) is 10.5. The molecule has 0 bridgehead atoms. The Labute approximate surface area is 101 Å². The molecule has 0 saturated carbocycles. The smallest absolute Gasteiger partial charge is 0.174 e. The van der Waals surface area contributed by atoms with Crippen molar-refractivity contribution in [2.75, 3.05) is 13.2 Å². The van der Waals surface area contributed by atoms with Gasteiger partial charge in [0.15, 0.2) is 6.40 Å². The summed E-state index contributed by atoms with van der Waals surface area (Å²) in [6.07, 6.45) is 1.42. The lowest BCUT2D eigenvalue weighted by atomic mass is 10.2. The van der Waals surface area contributed by atoms with Gasteiger partial charge in [-0.2, -0.15) is 0 Å². The average Bonchev–Trinajstić information content (AvgIpc) is 2.24. The predicted molar refractivity (Wildman–Crippen MR) is 67.1 cm³/mol. The van der Waals surface area contributed by atoms with Crippen molar-refractivity contribution in [1.29, 1.82) is 0 Å². The standard InChI is InChI=1S/C12H16ClNO2/c1-4-15-8-14-10-6-9(3)12(16-5-2)11(13)7-10/h6-8H,4-5H2,1-3H3/b14-8-. The van der Waals surface area contributed by atoms with Gasteiger partial charge >= 0.3 is 0 Å². The first-order chi connectivity index (χ1) is 7.69. The Hall–Kier alpha value is -1.22. The summed E-state index contributed by atoms with van der Waals surface area (Å²) >= 11 is 6.09. The molecular formula is C12H16ClNO2. The predicted octanol–water partition coefficient (Wildman–Crippen LogP) is 3.74. The minimum absolute atomic E-state index is 0.575. The zero-order chi connectivity index (χ0) is 12.0. The minimum atomic E-state index is 0.575. The molecule has 0 spiro atoms. The summed E-state index contributed by atoms with van der Waals surface area (Å²) in [6, 6.07) is 3.67. The molecule has 0 aliphatic carbocycles. The van der Waals surface area contributed by atoms with E-state index in [-0.39, 0.29) is 0 Å². The molecule has 0 atom stereocenters. The van der Waals surface area contributed by atoms with Crippen LogP contribution in [0, 0.1) is 6.92 Å². The number of ether oxygens (including phenoxy) is 2. The van der Waals surface area contributed by atoms with Gasteiger partial charge in [-0.25, -0.2) is 4.99 Å². The number of nitrogens with zero attached hydrogens (tertiary/aromatic N) is 1. The SMILES string of the molecule is CCO/C=N\c1cc(C)c(OCC)c(Cl)c1. The average molecular weight is 242 g/mol. The molecule has 0 aromatic heterocycles. The summed E-state index contributed by atoms with van der Waals surface area (Å²) in [6.45, 7) is 6.98. The van der Waals surface area contributed by atoms with E-state index in [4.69, 9.17) is 21.1 Å². The van der Waals surface area contributed by atoms with Crippen molar-refractivity contribution in [3.05, 3.63) is 22.7 Å². The highest BCUT2D eigenvalue weighted by atomic mass is 35.5. The van der Waals surface area contributed by atoms with Gasteiger partial charge in [0.1, 0.15) is 5.75 Å². The molecule has 0 amide bonds. The quantitative estimate of drug-likeness (QED) is 0.581. The third-order valence-electron chi connectivity index (χ3n) is 1.95. The summed E-state index contributed by atoms with van der Waals surface area (Å²) in [4.78, 5) is 4.13. The molecule has 88 valence electrons. The van der Waals surface area contributed by atoms with Gasteiger partial charge in [0.2, 0.25) is 0 Å². The number of rotatable bonds is 5. The molecule has 0 fully saturated rings. The second kappa shape index (κ2) is 6.38. The van der Waals surface area contributed by atoms with Crippen molar-refractivity contribution >= 4 is 23.7 Å². The van der Waals surface area contributed by atoms with Crippen molar-refractivity contribution in [3.63, 3.8) is 0 Å². The van der Waals surface area contributed by atoms with E-state index in [2.05, 4.69) is 4.99 Å². The lowest BCUT2D eigenvalue weighted by molar-refractivity contribution is 0.338. The summed E-state index contributed by atoms with van der Waals surface area (Å²) in [7, 11) is 0. The molecule has 1 aromatic carbocycles. The molecular weight excluding hydrogens is 226 g/mol. The number of aliphatic imine (C=N–C) groups is 1. The van der Waals surface area contributed by atoms with Gasteiger partial charge in [0, 0.05) is 0 Å². The molecule has 4 heteroatoms. The Kier molecular flexibility index (Phi) is 5.12. The normalized spacial score (nSPS) is 10.8. The summed E-state index contributed by atoms with van der Waals surface area (Å²) < 4.78 is 10.5. The Morgan fingerprint density at radius 3 is 2.62 bits per heavy atom. The maximum Gasteiger partial charge on any atom is 0.174 e. The van der Waals surface area contributed by atoms with Crippen LogP contribution in [0.4, 0.5) is 5.69 Å². The van der Waals surface area contributed by atoms with Crippen LogP contribution in [0.1, 0.15) is 19.4 Å². The van der Waals surface area contributed by atoms with E-state index < -0.39 is 0 Å². The third-order valence-corrected chi connectivity index (χ3v) is 2.23. The van der Waals surface area contributed by atoms with E-state index in [1.165, 1.54) is 6.40 Å². The molecule has 1 rings (SSSR count). The molecule has 3 nitrogen and oxygen atoms in total. The Bertz CT molecular complexity index is 354. The lowest BCUT2D eigenvalue weighted by Gasteiger charge is -2.09. The van der Waals surface area contributed by atoms with E-state index in [0.717, 1.165) is 17.0 Å². The van der Waals surface area contributed by atoms with Crippen LogP contribution < -0.4 is 4.74 Å². The molecule has 16 heavy (non-hydrogen) atoms. The minimum Gasteiger partial charge on any atom is -0.492 e. The summed E-state index contributed by atoms with van der Waals surface area (Å²) in [5.41, 5.74) is 1.73. The first-order valence-electron chi connectivity index (χ1n) is 5.26. The molecule has 0 saturated heterocycles. The van der Waals surface area contributed by atoms with Crippen molar-refractivity contribution < 1.29 is 9.47 Å². The lowest BCUT2D eigenvalue weighted by Crippen LogP contribution is -1.94. The van der Waals surface area contributed by atoms with Gasteiger partial charge < -0.3 is 9.47 Å². The second-order valence-corrected chi connectivity index (χ2v) is 3.60. The maximum absolute atomic E-state index is 6.09. The fraction of sp³-hybridized carbons (Fsp3) is 0.417. The largest absolute Gasteiger partial charge is 0.492 e. The highest BCUT2D eigenvalue weighted by Gasteiger charge is 2.06. The van der Waals surface area contributed by atoms with E-state index in [0.29, 0.717) is 18.2 Å². The van der Waals surface area contributed by atoms with E-state index in [1.54, 1.807) is 6.07 Å². The van der Waals surface area contributed by atoms with E-state index in [1.807, 2.05) is 26.8 Å². The molecule has 0 heterocycles. The van der Waals surface area contributed by atoms with Crippen LogP contribution >= 0.6 is 11.6 Å². The highest BCUT2D eigenvalue weighted by Crippen LogP contribution is 2.32. The molecule has 1 aromatic rings. The molecule has 0 radical (unpaired) electrons. The van der Waals surface area contributed by atoms with Gasteiger partial charge in [-0.05, 0) is 38.5 Å². The van der Waals surface area contributed by atoms with E-state index >= 15 is 0 Å². The van der Waals surface area contributed by atoms with Crippen molar-refractivity contribution in [3.8, 4) is 5.75 Å². The first-order valence-corrected chi connectivity index (χ1v) is 5.63. The van der Waals surface area contributed by atoms with Crippen LogP contribution in [0.5, 0.6) is 5.75 Å². The fourth-order valence-electron chi connectivity index (χ4n) is 1.29. The maximum atomic E-state index is 6.09. The van der Waals surface area contributed by atoms with Crippen molar-refractivity contribution in [2.45, 2.75) is 20.8 Å². The van der Waals surface area contributed by atoms with Crippen LogP contribution in [0.3, 0.4) is 0 Å². The topological polar surface area (TPSA) is 30.8 Å². The van der Waals surface area contributed by atoms with Crippen LogP contribution in [-0.4, -0.2) is 19.6 Å². The molecule has 0 N–H and O–H groups in total. The van der Waals surface area contributed by atoms with Crippen molar-refractivity contribution in [2.24, 2.45) is 4.99 Å². The number of hydrogen-bond acceptors (Lipinski definition) is 3. The van der Waals surface area contributed by atoms with Crippen LogP contribution in [0.25, 0.3) is 0 Å². The zero-order valence-electron chi connectivity index (χ0n) is 9.79. The number of hydrogen-bond donors (Lipinski definition) is 0. The molecule has 0 aliphatic rings. The van der Waals surface area contributed by atoms with Crippen LogP contribution in [0.2, 0.25) is 5.02 Å². The highest BCUT2D eigenvalue weighted by molar-refractivity contribution is 6.32. The van der Waals surface area contributed by atoms with Gasteiger partial charge in [-0.15, -0.1) is 0 Å². The fourth-order valence-corrected chi connectivity index (χ4v) is 1.60. The van der Waals surface area contributed by atoms with E-state index in [9.17, 15) is 0 Å². The monoisotopic (exact) mass is 241 g/mol. The molecule has 0 aliphatic heterocycles. The van der Waals surface area contributed by atoms with Crippen LogP contribution in [0.15, 0.2) is 17.1 Å². The van der Waals surface area contributed by atoms with Gasteiger partial charge in [0.05, 0.1) is 23.9 Å². The first kappa shape index (κ1) is 12.8. The van der Waals surface area contributed by atoms with Crippen LogP contribution in [-0.2, 0) is 4.74 Å². The third kappa shape index (κ3) is 3.42. The number of benzene rings is 1. The summed E-state index contributed by atoms with van der Waals surface area (Å²) in [5.74, 6) is 0.722. The van der Waals surface area contributed by atoms with Gasteiger partial charge in [-0.1, -0.05) is 11.6 Å². The number of halogens is 1. The Balaban J connectivity index is 2.91. The summed E-state index contributed by atoms with van der Waals surface area (Å²) in [5, 5.41) is 0.575. The molecule has 0 unspecified atom stereocenters. The van der Waals surface area contributed by atoms with Crippen molar-refractivity contribution in [1.82, 2.24) is 0 Å². The van der Waals surface area contributed by atoms with Gasteiger partial charge in [-0.3, -0.25) is 0 Å². The number of aryl methyl sites for hydroxylation is 1. The van der Waals surface area contributed by atoms with Gasteiger partial charge in [0.25, 0.3) is 0 Å². The second-order valence-electron chi connectivity index (χ2n) is 3.20. The Morgan fingerprint density at radius 2 is 2.06 bits per heavy atom.